The van der Waals surface area contributed by atoms with Crippen LogP contribution < -0.4 is 10.0 Å². The zero-order valence-electron chi connectivity index (χ0n) is 14.4. The van der Waals surface area contributed by atoms with Crippen LogP contribution in [0.15, 0.2) is 82.2 Å². The van der Waals surface area contributed by atoms with Crippen molar-refractivity contribution in [2.45, 2.75) is 11.8 Å². The van der Waals surface area contributed by atoms with Crippen LogP contribution in [0.1, 0.15) is 15.9 Å². The van der Waals surface area contributed by atoms with Gasteiger partial charge in [-0.05, 0) is 61.0 Å². The second kappa shape index (κ2) is 7.94. The molecule has 0 unspecified atom stereocenters. The number of amides is 1. The molecular weight excluding hydrogens is 428 g/mol. The highest BCUT2D eigenvalue weighted by molar-refractivity contribution is 9.10. The first-order valence-electron chi connectivity index (χ1n) is 8.10. The average Bonchev–Trinajstić information content (AvgIpc) is 2.66. The molecule has 0 saturated carbocycles. The van der Waals surface area contributed by atoms with Gasteiger partial charge in [-0.2, -0.15) is 0 Å². The summed E-state index contributed by atoms with van der Waals surface area (Å²) in [6, 6.07) is 20.2. The van der Waals surface area contributed by atoms with Crippen LogP contribution >= 0.6 is 15.9 Å². The van der Waals surface area contributed by atoms with Gasteiger partial charge in [0, 0.05) is 15.7 Å². The van der Waals surface area contributed by atoms with E-state index in [4.69, 9.17) is 0 Å². The molecule has 0 fully saturated rings. The molecule has 27 heavy (non-hydrogen) atoms. The number of carbonyl (C=O) groups excluding carboxylic acids is 1. The fourth-order valence-corrected chi connectivity index (χ4v) is 3.82. The Morgan fingerprint density at radius 3 is 2.26 bits per heavy atom. The van der Waals surface area contributed by atoms with Crippen molar-refractivity contribution in [2.75, 3.05) is 10.0 Å². The maximum atomic E-state index is 12.5. The molecular formula is C20H17BrN2O3S. The minimum Gasteiger partial charge on any atom is -0.322 e. The number of rotatable bonds is 5. The van der Waals surface area contributed by atoms with E-state index in [1.54, 1.807) is 49.4 Å². The van der Waals surface area contributed by atoms with E-state index >= 15 is 0 Å². The summed E-state index contributed by atoms with van der Waals surface area (Å²) in [7, 11) is -3.73. The minimum absolute atomic E-state index is 0.161. The number of sulfonamides is 1. The molecule has 0 aliphatic carbocycles. The quantitative estimate of drug-likeness (QED) is 0.592. The van der Waals surface area contributed by atoms with Crippen molar-refractivity contribution < 1.29 is 13.2 Å². The second-order valence-corrected chi connectivity index (χ2v) is 8.51. The summed E-state index contributed by atoms with van der Waals surface area (Å²) in [5.41, 5.74) is 2.08. The van der Waals surface area contributed by atoms with Gasteiger partial charge in [0.25, 0.3) is 15.9 Å². The molecule has 0 saturated heterocycles. The third-order valence-electron chi connectivity index (χ3n) is 3.90. The van der Waals surface area contributed by atoms with Gasteiger partial charge in [-0.1, -0.05) is 40.2 Å². The van der Waals surface area contributed by atoms with Gasteiger partial charge in [0.05, 0.1) is 10.6 Å². The van der Waals surface area contributed by atoms with Gasteiger partial charge in [-0.25, -0.2) is 8.42 Å². The number of benzene rings is 3. The summed E-state index contributed by atoms with van der Waals surface area (Å²) in [6.07, 6.45) is 0. The normalized spacial score (nSPS) is 11.0. The summed E-state index contributed by atoms with van der Waals surface area (Å²) in [5, 5.41) is 2.79. The smallest absolute Gasteiger partial charge is 0.261 e. The Morgan fingerprint density at radius 1 is 0.926 bits per heavy atom. The first-order chi connectivity index (χ1) is 12.8. The van der Waals surface area contributed by atoms with E-state index < -0.39 is 10.0 Å². The first-order valence-corrected chi connectivity index (χ1v) is 10.4. The van der Waals surface area contributed by atoms with Crippen LogP contribution in [-0.4, -0.2) is 14.3 Å². The van der Waals surface area contributed by atoms with Crippen LogP contribution in [0.4, 0.5) is 11.4 Å². The highest BCUT2D eigenvalue weighted by Gasteiger charge is 2.16. The molecule has 0 aromatic heterocycles. The van der Waals surface area contributed by atoms with E-state index in [9.17, 15) is 13.2 Å². The van der Waals surface area contributed by atoms with Gasteiger partial charge in [0.1, 0.15) is 0 Å². The number of carbonyl (C=O) groups is 1. The maximum Gasteiger partial charge on any atom is 0.261 e. The minimum atomic E-state index is -3.73. The van der Waals surface area contributed by atoms with Crippen LogP contribution in [0.25, 0.3) is 0 Å². The maximum absolute atomic E-state index is 12.5. The molecule has 5 nitrogen and oxygen atoms in total. The summed E-state index contributed by atoms with van der Waals surface area (Å²) in [5.74, 6) is -0.322. The lowest BCUT2D eigenvalue weighted by molar-refractivity contribution is 0.102. The van der Waals surface area contributed by atoms with E-state index in [0.29, 0.717) is 16.9 Å². The third kappa shape index (κ3) is 4.75. The summed E-state index contributed by atoms with van der Waals surface area (Å²) in [6.45, 7) is 1.78. The van der Waals surface area contributed by atoms with E-state index in [0.717, 1.165) is 10.0 Å². The van der Waals surface area contributed by atoms with Gasteiger partial charge in [0.15, 0.2) is 0 Å². The molecule has 3 aromatic carbocycles. The molecule has 0 bridgehead atoms. The highest BCUT2D eigenvalue weighted by Crippen LogP contribution is 2.22. The highest BCUT2D eigenvalue weighted by atomic mass is 79.9. The first kappa shape index (κ1) is 19.1. The predicted octanol–water partition coefficient (Wildman–Crippen LogP) is 4.81. The number of aryl methyl sites for hydroxylation is 1. The summed E-state index contributed by atoms with van der Waals surface area (Å²) >= 11 is 3.34. The molecule has 3 aromatic rings. The van der Waals surface area contributed by atoms with Crippen molar-refractivity contribution in [1.29, 1.82) is 0 Å². The largest absolute Gasteiger partial charge is 0.322 e. The Morgan fingerprint density at radius 2 is 1.59 bits per heavy atom. The number of hydrogen-bond donors (Lipinski definition) is 2. The molecule has 0 heterocycles. The lowest BCUT2D eigenvalue weighted by Gasteiger charge is -2.12. The SMILES string of the molecule is Cc1ccc(C(=O)Nc2ccc(Br)cc2)cc1NS(=O)(=O)c1ccccc1. The van der Waals surface area contributed by atoms with Crippen LogP contribution in [0.3, 0.4) is 0 Å². The average molecular weight is 445 g/mol. The van der Waals surface area contributed by atoms with Crippen LogP contribution in [-0.2, 0) is 10.0 Å². The van der Waals surface area contributed by atoms with Gasteiger partial charge in [0.2, 0.25) is 0 Å². The third-order valence-corrected chi connectivity index (χ3v) is 5.81. The van der Waals surface area contributed by atoms with Gasteiger partial charge in [-0.3, -0.25) is 9.52 Å². The zero-order valence-corrected chi connectivity index (χ0v) is 16.8. The molecule has 0 radical (unpaired) electrons. The van der Waals surface area contributed by atoms with E-state index in [1.807, 2.05) is 12.1 Å². The van der Waals surface area contributed by atoms with Crippen LogP contribution in [0.2, 0.25) is 0 Å². The lowest BCUT2D eigenvalue weighted by atomic mass is 10.1. The van der Waals surface area contributed by atoms with Gasteiger partial charge < -0.3 is 5.32 Å². The summed E-state index contributed by atoms with van der Waals surface area (Å²) in [4.78, 5) is 12.7. The van der Waals surface area contributed by atoms with Gasteiger partial charge in [-0.15, -0.1) is 0 Å². The Balaban J connectivity index is 1.84. The Hall–Kier alpha value is -2.64. The fraction of sp³-hybridized carbons (Fsp3) is 0.0500. The molecule has 7 heteroatoms. The molecule has 2 N–H and O–H groups in total. The fourth-order valence-electron chi connectivity index (χ4n) is 2.41. The van der Waals surface area contributed by atoms with Crippen molar-refractivity contribution >= 4 is 43.2 Å². The van der Waals surface area contributed by atoms with Crippen molar-refractivity contribution in [3.63, 3.8) is 0 Å². The van der Waals surface area contributed by atoms with E-state index in [1.165, 1.54) is 18.2 Å². The molecule has 3 rings (SSSR count). The Bertz CT molecular complexity index is 1070. The predicted molar refractivity (Wildman–Crippen MR) is 111 cm³/mol. The Kier molecular flexibility index (Phi) is 5.62. The number of hydrogen-bond acceptors (Lipinski definition) is 3. The number of anilines is 2. The van der Waals surface area contributed by atoms with E-state index in [2.05, 4.69) is 26.0 Å². The standard InChI is InChI=1S/C20H17BrN2O3S/c1-14-7-8-15(20(24)22-17-11-9-16(21)10-12-17)13-19(14)23-27(25,26)18-5-3-2-4-6-18/h2-13,23H,1H3,(H,22,24). The van der Waals surface area contributed by atoms with Crippen LogP contribution in [0, 0.1) is 6.92 Å². The molecule has 0 aliphatic rings. The zero-order chi connectivity index (χ0) is 19.4. The molecule has 138 valence electrons. The van der Waals surface area contributed by atoms with E-state index in [-0.39, 0.29) is 10.8 Å². The lowest BCUT2D eigenvalue weighted by Crippen LogP contribution is -2.16. The van der Waals surface area contributed by atoms with Gasteiger partial charge >= 0.3 is 0 Å². The van der Waals surface area contributed by atoms with Crippen molar-refractivity contribution in [3.05, 3.63) is 88.4 Å². The topological polar surface area (TPSA) is 75.3 Å². The summed E-state index contributed by atoms with van der Waals surface area (Å²) < 4.78 is 28.5. The second-order valence-electron chi connectivity index (χ2n) is 5.91. The molecule has 0 spiro atoms. The Labute approximate surface area is 166 Å². The molecule has 0 aliphatic heterocycles. The number of nitrogens with one attached hydrogen (secondary N) is 2. The monoisotopic (exact) mass is 444 g/mol. The van der Waals surface area contributed by atoms with Crippen molar-refractivity contribution in [3.8, 4) is 0 Å². The molecule has 1 amide bonds. The van der Waals surface area contributed by atoms with Crippen LogP contribution in [0.5, 0.6) is 0 Å². The number of halogens is 1. The molecule has 0 atom stereocenters. The van der Waals surface area contributed by atoms with Crippen molar-refractivity contribution in [2.24, 2.45) is 0 Å². The van der Waals surface area contributed by atoms with Crippen molar-refractivity contribution in [1.82, 2.24) is 0 Å².